The summed E-state index contributed by atoms with van der Waals surface area (Å²) in [4.78, 5) is 8.08. The van der Waals surface area contributed by atoms with Crippen LogP contribution in [0.3, 0.4) is 0 Å². The predicted molar refractivity (Wildman–Crippen MR) is 37.6 cm³/mol. The fraction of sp³-hybridized carbons (Fsp3) is 0.250. The molecule has 0 saturated heterocycles. The van der Waals surface area contributed by atoms with E-state index >= 15 is 0 Å². The Morgan fingerprint density at radius 1 is 1.75 bits per heavy atom. The quantitative estimate of drug-likeness (QED) is 0.456. The van der Waals surface area contributed by atoms with Crippen LogP contribution < -0.4 is 5.73 Å². The first-order valence-corrected chi connectivity index (χ1v) is 2.56. The van der Waals surface area contributed by atoms with E-state index in [-0.39, 0.29) is 0 Å². The minimum absolute atomic E-state index is 0.426. The van der Waals surface area contributed by atoms with Gasteiger partial charge in [-0.05, 0) is 0 Å². The lowest BCUT2D eigenvalue weighted by Crippen LogP contribution is -2.26. The summed E-state index contributed by atoms with van der Waals surface area (Å²) >= 11 is 4.76. The molecule has 0 unspecified atom stereocenters. The van der Waals surface area contributed by atoms with E-state index in [1.54, 1.807) is 0 Å². The molecule has 0 atom stereocenters. The number of hydrogen-bond donors (Lipinski definition) is 1. The molecule has 0 fully saturated rings. The Balaban J connectivity index is 2.80. The van der Waals surface area contributed by atoms with Crippen LogP contribution in [0, 0.1) is 0 Å². The Bertz CT molecular complexity index is 170. The summed E-state index contributed by atoms with van der Waals surface area (Å²) in [6.45, 7) is 0.519. The zero-order valence-electron chi connectivity index (χ0n) is 4.16. The third kappa shape index (κ3) is 0.894. The molecule has 1 rings (SSSR count). The molecule has 1 aliphatic heterocycles. The van der Waals surface area contributed by atoms with Gasteiger partial charge in [0.1, 0.15) is 12.2 Å². The molecule has 0 saturated carbocycles. The Kier molecular flexibility index (Phi) is 1.34. The first-order chi connectivity index (χ1) is 3.80. The summed E-state index contributed by atoms with van der Waals surface area (Å²) in [5.41, 5.74) is 5.30. The van der Waals surface area contributed by atoms with Crippen LogP contribution in [0.4, 0.5) is 0 Å². The lowest BCUT2D eigenvalue weighted by Gasteiger charge is -2.00. The summed E-state index contributed by atoms with van der Waals surface area (Å²) in [6, 6.07) is 0. The number of nitrogens with two attached hydrogens (primary N) is 1. The van der Waals surface area contributed by atoms with E-state index in [2.05, 4.69) is 9.98 Å². The van der Waals surface area contributed by atoms with Crippen LogP contribution in [0.2, 0.25) is 0 Å². The number of rotatable bonds is 0. The van der Waals surface area contributed by atoms with E-state index in [0.29, 0.717) is 17.2 Å². The summed E-state index contributed by atoms with van der Waals surface area (Å²) in [5, 5.41) is 0. The zero-order chi connectivity index (χ0) is 5.98. The molecular formula is C4H5N3S. The van der Waals surface area contributed by atoms with Crippen molar-refractivity contribution >= 4 is 29.3 Å². The molecule has 0 aliphatic carbocycles. The second kappa shape index (κ2) is 2.00. The minimum atomic E-state index is 0.426. The average molecular weight is 127 g/mol. The van der Waals surface area contributed by atoms with Crippen LogP contribution in [0.1, 0.15) is 0 Å². The fourth-order valence-electron chi connectivity index (χ4n) is 0.380. The van der Waals surface area contributed by atoms with Crippen molar-refractivity contribution in [1.82, 2.24) is 0 Å². The molecule has 0 aromatic heterocycles. The predicted octanol–water partition coefficient (Wildman–Crippen LogP) is -0.245. The van der Waals surface area contributed by atoms with Gasteiger partial charge in [0.15, 0.2) is 0 Å². The maximum Gasteiger partial charge on any atom is 0.141 e. The Morgan fingerprint density at radius 3 is 2.88 bits per heavy atom. The molecule has 8 heavy (non-hydrogen) atoms. The van der Waals surface area contributed by atoms with Crippen molar-refractivity contribution in [2.24, 2.45) is 15.7 Å². The number of amidine groups is 1. The average Bonchev–Trinajstić information content (AvgIpc) is 1.77. The van der Waals surface area contributed by atoms with Crippen LogP contribution in [0.5, 0.6) is 0 Å². The smallest absolute Gasteiger partial charge is 0.141 e. The maximum atomic E-state index is 5.30. The van der Waals surface area contributed by atoms with E-state index in [1.807, 2.05) is 0 Å². The van der Waals surface area contributed by atoms with Crippen molar-refractivity contribution in [3.63, 3.8) is 0 Å². The molecule has 1 aliphatic rings. The van der Waals surface area contributed by atoms with Gasteiger partial charge in [0.2, 0.25) is 0 Å². The second-order valence-corrected chi connectivity index (χ2v) is 1.89. The Morgan fingerprint density at radius 2 is 2.50 bits per heavy atom. The number of thiocarbonyl (C=S) groups is 1. The van der Waals surface area contributed by atoms with Crippen LogP contribution in [0.25, 0.3) is 0 Å². The number of hydrogen-bond acceptors (Lipinski definition) is 4. The first kappa shape index (κ1) is 5.37. The molecule has 0 radical (unpaired) electrons. The van der Waals surface area contributed by atoms with Gasteiger partial charge in [-0.3, -0.25) is 4.99 Å². The van der Waals surface area contributed by atoms with Crippen molar-refractivity contribution in [3.05, 3.63) is 0 Å². The summed E-state index contributed by atoms with van der Waals surface area (Å²) in [5.74, 6) is 0.426. The normalized spacial score (nSPS) is 18.5. The van der Waals surface area contributed by atoms with Crippen LogP contribution in [0.15, 0.2) is 9.98 Å². The van der Waals surface area contributed by atoms with Crippen molar-refractivity contribution in [3.8, 4) is 0 Å². The highest BCUT2D eigenvalue weighted by atomic mass is 32.1. The third-order valence-electron chi connectivity index (χ3n) is 0.799. The van der Waals surface area contributed by atoms with E-state index in [0.717, 1.165) is 0 Å². The Labute approximate surface area is 52.3 Å². The monoisotopic (exact) mass is 127 g/mol. The van der Waals surface area contributed by atoms with Crippen LogP contribution >= 0.6 is 12.2 Å². The first-order valence-electron chi connectivity index (χ1n) is 2.15. The molecule has 42 valence electrons. The summed E-state index contributed by atoms with van der Waals surface area (Å²) < 4.78 is 0. The highest BCUT2D eigenvalue weighted by molar-refractivity contribution is 7.82. The van der Waals surface area contributed by atoms with Gasteiger partial charge in [0, 0.05) is 0 Å². The molecule has 0 aromatic rings. The van der Waals surface area contributed by atoms with Gasteiger partial charge < -0.3 is 5.73 Å². The second-order valence-electron chi connectivity index (χ2n) is 1.39. The van der Waals surface area contributed by atoms with Gasteiger partial charge in [0.25, 0.3) is 0 Å². The zero-order valence-corrected chi connectivity index (χ0v) is 4.98. The number of nitrogens with zero attached hydrogens (tertiary/aromatic N) is 2. The van der Waals surface area contributed by atoms with Crippen LogP contribution in [-0.2, 0) is 0 Å². The highest BCUT2D eigenvalue weighted by Gasteiger charge is 2.01. The topological polar surface area (TPSA) is 50.7 Å². The Hall–Kier alpha value is -0.770. The minimum Gasteiger partial charge on any atom is -0.383 e. The van der Waals surface area contributed by atoms with E-state index < -0.39 is 0 Å². The maximum absolute atomic E-state index is 5.30. The molecular weight excluding hydrogens is 122 g/mol. The molecule has 0 amide bonds. The highest BCUT2D eigenvalue weighted by Crippen LogP contribution is 1.85. The molecule has 0 spiro atoms. The lowest BCUT2D eigenvalue weighted by atomic mass is 10.4. The van der Waals surface area contributed by atoms with Gasteiger partial charge in [-0.1, -0.05) is 12.2 Å². The SMILES string of the molecule is NC1=NC=NCC1=S. The van der Waals surface area contributed by atoms with Crippen molar-refractivity contribution in [1.29, 1.82) is 0 Å². The molecule has 3 nitrogen and oxygen atoms in total. The third-order valence-corrected chi connectivity index (χ3v) is 1.14. The van der Waals surface area contributed by atoms with Gasteiger partial charge in [0.05, 0.1) is 11.4 Å². The van der Waals surface area contributed by atoms with Crippen molar-refractivity contribution in [2.75, 3.05) is 6.54 Å². The summed E-state index contributed by atoms with van der Waals surface area (Å²) in [6.07, 6.45) is 1.42. The van der Waals surface area contributed by atoms with Gasteiger partial charge in [-0.2, -0.15) is 0 Å². The molecule has 4 heteroatoms. The fourth-order valence-corrected chi connectivity index (χ4v) is 0.507. The van der Waals surface area contributed by atoms with E-state index in [9.17, 15) is 0 Å². The van der Waals surface area contributed by atoms with Crippen molar-refractivity contribution < 1.29 is 0 Å². The summed E-state index contributed by atoms with van der Waals surface area (Å²) in [7, 11) is 0. The van der Waals surface area contributed by atoms with Gasteiger partial charge in [-0.25, -0.2) is 4.99 Å². The van der Waals surface area contributed by atoms with E-state index in [1.165, 1.54) is 6.34 Å². The van der Waals surface area contributed by atoms with Crippen LogP contribution in [-0.4, -0.2) is 23.6 Å². The standard InChI is InChI=1S/C4H5N3S/c5-4-3(8)1-6-2-7-4/h2H,1H2,(H2,5,6,7). The van der Waals surface area contributed by atoms with Gasteiger partial charge >= 0.3 is 0 Å². The largest absolute Gasteiger partial charge is 0.383 e. The molecule has 1 heterocycles. The molecule has 0 aromatic carbocycles. The van der Waals surface area contributed by atoms with Crippen molar-refractivity contribution in [2.45, 2.75) is 0 Å². The number of aliphatic imine (C=N–C) groups is 2. The molecule has 2 N–H and O–H groups in total. The lowest BCUT2D eigenvalue weighted by molar-refractivity contribution is 1.31. The van der Waals surface area contributed by atoms with Gasteiger partial charge in [-0.15, -0.1) is 0 Å². The van der Waals surface area contributed by atoms with E-state index in [4.69, 9.17) is 18.0 Å². The molecule has 0 bridgehead atoms.